The molecule has 0 bridgehead atoms. The van der Waals surface area contributed by atoms with Gasteiger partial charge in [-0.05, 0) is 55.4 Å². The van der Waals surface area contributed by atoms with Gasteiger partial charge in [0.1, 0.15) is 5.60 Å². The molecule has 30 heavy (non-hydrogen) atoms. The highest BCUT2D eigenvalue weighted by Gasteiger charge is 2.67. The van der Waals surface area contributed by atoms with Gasteiger partial charge in [-0.2, -0.15) is 0 Å². The molecule has 4 rings (SSSR count). The Bertz CT molecular complexity index is 869. The number of allylic oxidation sites excluding steroid dienone is 4. The molecule has 4 aliphatic carbocycles. The molecule has 2 unspecified atom stereocenters. The number of esters is 1. The minimum absolute atomic E-state index is 0.0940. The van der Waals surface area contributed by atoms with Crippen LogP contribution in [0.5, 0.6) is 0 Å². The van der Waals surface area contributed by atoms with Gasteiger partial charge in [-0.3, -0.25) is 14.4 Å². The Hall–Kier alpha value is -1.75. The van der Waals surface area contributed by atoms with Gasteiger partial charge in [0, 0.05) is 24.2 Å². The molecular formula is C25H34O5. The first kappa shape index (κ1) is 21.5. The van der Waals surface area contributed by atoms with Gasteiger partial charge in [0.15, 0.2) is 12.4 Å². The van der Waals surface area contributed by atoms with E-state index in [1.807, 2.05) is 19.9 Å². The molecule has 0 aliphatic heterocycles. The van der Waals surface area contributed by atoms with Crippen LogP contribution >= 0.6 is 0 Å². The second-order valence-corrected chi connectivity index (χ2v) is 10.6. The smallest absolute Gasteiger partial charge is 0.303 e. The lowest BCUT2D eigenvalue weighted by Gasteiger charge is -2.56. The summed E-state index contributed by atoms with van der Waals surface area (Å²) in [4.78, 5) is 36.4. The third-order valence-corrected chi connectivity index (χ3v) is 9.07. The van der Waals surface area contributed by atoms with Crippen LogP contribution in [0.25, 0.3) is 0 Å². The molecule has 5 nitrogen and oxygen atoms in total. The van der Waals surface area contributed by atoms with E-state index in [-0.39, 0.29) is 35.4 Å². The fourth-order valence-corrected chi connectivity index (χ4v) is 7.49. The molecule has 5 heteroatoms. The summed E-state index contributed by atoms with van der Waals surface area (Å²) in [7, 11) is 0. The number of Topliss-reactive ketones (excluding diaryl/α,β-unsaturated/α-hetero) is 1. The maximum absolute atomic E-state index is 13.1. The number of ether oxygens (including phenoxy) is 1. The average Bonchev–Trinajstić information content (AvgIpc) is 2.89. The van der Waals surface area contributed by atoms with Crippen molar-refractivity contribution in [2.45, 2.75) is 72.3 Å². The molecule has 0 radical (unpaired) electrons. The Morgan fingerprint density at radius 3 is 2.57 bits per heavy atom. The van der Waals surface area contributed by atoms with Crippen molar-refractivity contribution in [3.63, 3.8) is 0 Å². The molecule has 0 aromatic carbocycles. The SMILES string of the molecule is CC(=O)OCC(=O)[C@@]1(O)[C@H](C)CC2C3C[C@H](C)C4=CC(=O)CC[C@]4(C)C3=CC[C@@]21C. The van der Waals surface area contributed by atoms with Crippen molar-refractivity contribution >= 4 is 17.5 Å². The van der Waals surface area contributed by atoms with Crippen LogP contribution < -0.4 is 0 Å². The molecule has 4 aliphatic rings. The zero-order valence-corrected chi connectivity index (χ0v) is 18.8. The lowest BCUT2D eigenvalue weighted by atomic mass is 9.48. The molecule has 2 fully saturated rings. The van der Waals surface area contributed by atoms with Gasteiger partial charge in [-0.15, -0.1) is 0 Å². The van der Waals surface area contributed by atoms with Crippen molar-refractivity contribution in [1.82, 2.24) is 0 Å². The average molecular weight is 415 g/mol. The van der Waals surface area contributed by atoms with E-state index in [2.05, 4.69) is 19.9 Å². The van der Waals surface area contributed by atoms with E-state index in [9.17, 15) is 19.5 Å². The summed E-state index contributed by atoms with van der Waals surface area (Å²) in [6, 6.07) is 0. The fourth-order valence-electron chi connectivity index (χ4n) is 7.49. The van der Waals surface area contributed by atoms with Crippen LogP contribution in [0, 0.1) is 34.5 Å². The van der Waals surface area contributed by atoms with Crippen molar-refractivity contribution in [3.8, 4) is 0 Å². The minimum Gasteiger partial charge on any atom is -0.458 e. The molecule has 0 aromatic rings. The van der Waals surface area contributed by atoms with Crippen LogP contribution in [0.1, 0.15) is 66.7 Å². The first-order chi connectivity index (χ1) is 13.9. The van der Waals surface area contributed by atoms with Gasteiger partial charge in [-0.25, -0.2) is 0 Å². The number of hydrogen-bond donors (Lipinski definition) is 1. The standard InChI is InChI=1S/C25H34O5/c1-14-10-18-19(23(4)8-6-17(27)12-20(14)23)7-9-24(5)21(18)11-15(2)25(24,29)22(28)13-30-16(3)26/h7,12,14-15,18,21,29H,6,8-11,13H2,1-5H3/t14-,15+,18?,21?,23+,24-,25-/m0/s1. The molecule has 0 aromatic heterocycles. The summed E-state index contributed by atoms with van der Waals surface area (Å²) in [5.74, 6) is -0.0598. The minimum atomic E-state index is -1.50. The number of aliphatic hydroxyl groups is 1. The first-order valence-corrected chi connectivity index (χ1v) is 11.3. The Kier molecular flexibility index (Phi) is 4.92. The highest BCUT2D eigenvalue weighted by molar-refractivity contribution is 5.92. The second-order valence-electron chi connectivity index (χ2n) is 10.6. The number of carbonyl (C=O) groups is 3. The lowest BCUT2D eigenvalue weighted by molar-refractivity contribution is -0.167. The maximum atomic E-state index is 13.1. The van der Waals surface area contributed by atoms with E-state index in [1.54, 1.807) is 0 Å². The normalized spacial score (nSPS) is 44.9. The molecule has 0 saturated heterocycles. The van der Waals surface area contributed by atoms with E-state index in [0.29, 0.717) is 24.7 Å². The van der Waals surface area contributed by atoms with Crippen LogP contribution in [0.4, 0.5) is 0 Å². The molecule has 7 atom stereocenters. The highest BCUT2D eigenvalue weighted by Crippen LogP contribution is 2.67. The van der Waals surface area contributed by atoms with Crippen molar-refractivity contribution in [1.29, 1.82) is 0 Å². The predicted octanol–water partition coefficient (Wildman–Crippen LogP) is 3.79. The Morgan fingerprint density at radius 1 is 1.20 bits per heavy atom. The van der Waals surface area contributed by atoms with Crippen LogP contribution in [0.3, 0.4) is 0 Å². The Labute approximate surface area is 178 Å². The molecule has 0 spiro atoms. The van der Waals surface area contributed by atoms with Crippen LogP contribution in [0.15, 0.2) is 23.3 Å². The quantitative estimate of drug-likeness (QED) is 0.561. The second kappa shape index (κ2) is 6.88. The van der Waals surface area contributed by atoms with E-state index in [4.69, 9.17) is 4.74 Å². The van der Waals surface area contributed by atoms with E-state index in [0.717, 1.165) is 19.3 Å². The monoisotopic (exact) mass is 414 g/mol. The number of hydrogen-bond acceptors (Lipinski definition) is 5. The van der Waals surface area contributed by atoms with Gasteiger partial charge in [0.2, 0.25) is 5.78 Å². The molecule has 0 amide bonds. The first-order valence-electron chi connectivity index (χ1n) is 11.3. The Balaban J connectivity index is 1.73. The van der Waals surface area contributed by atoms with Gasteiger partial charge >= 0.3 is 5.97 Å². The molecule has 164 valence electrons. The Morgan fingerprint density at radius 2 is 1.90 bits per heavy atom. The largest absolute Gasteiger partial charge is 0.458 e. The van der Waals surface area contributed by atoms with Gasteiger partial charge in [-0.1, -0.05) is 44.9 Å². The fraction of sp³-hybridized carbons (Fsp3) is 0.720. The zero-order valence-electron chi connectivity index (χ0n) is 18.8. The predicted molar refractivity (Wildman–Crippen MR) is 112 cm³/mol. The van der Waals surface area contributed by atoms with E-state index >= 15 is 0 Å². The van der Waals surface area contributed by atoms with E-state index < -0.39 is 17.0 Å². The topological polar surface area (TPSA) is 80.7 Å². The van der Waals surface area contributed by atoms with E-state index in [1.165, 1.54) is 18.1 Å². The zero-order chi connectivity index (χ0) is 22.1. The van der Waals surface area contributed by atoms with Crippen LogP contribution in [-0.2, 0) is 19.1 Å². The number of fused-ring (bicyclic) bond motifs is 5. The van der Waals surface area contributed by atoms with Crippen molar-refractivity contribution in [2.75, 3.05) is 6.61 Å². The molecule has 0 heterocycles. The summed E-state index contributed by atoms with van der Waals surface area (Å²) in [5.41, 5.74) is 0.490. The summed E-state index contributed by atoms with van der Waals surface area (Å²) in [6.07, 6.45) is 7.93. The van der Waals surface area contributed by atoms with Gasteiger partial charge in [0.25, 0.3) is 0 Å². The van der Waals surface area contributed by atoms with Crippen LogP contribution in [-0.4, -0.2) is 34.9 Å². The molecular weight excluding hydrogens is 380 g/mol. The summed E-state index contributed by atoms with van der Waals surface area (Å²) < 4.78 is 4.97. The number of carbonyl (C=O) groups excluding carboxylic acids is 3. The number of ketones is 2. The molecule has 1 N–H and O–H groups in total. The third-order valence-electron chi connectivity index (χ3n) is 9.07. The summed E-state index contributed by atoms with van der Waals surface area (Å²) in [5, 5.41) is 11.8. The summed E-state index contributed by atoms with van der Waals surface area (Å²) >= 11 is 0. The third kappa shape index (κ3) is 2.73. The highest BCUT2D eigenvalue weighted by atomic mass is 16.5. The van der Waals surface area contributed by atoms with Gasteiger partial charge < -0.3 is 9.84 Å². The number of rotatable bonds is 3. The van der Waals surface area contributed by atoms with Gasteiger partial charge in [0.05, 0.1) is 0 Å². The maximum Gasteiger partial charge on any atom is 0.303 e. The van der Waals surface area contributed by atoms with Crippen LogP contribution in [0.2, 0.25) is 0 Å². The van der Waals surface area contributed by atoms with Crippen molar-refractivity contribution < 1.29 is 24.2 Å². The van der Waals surface area contributed by atoms with Crippen molar-refractivity contribution in [2.24, 2.45) is 34.5 Å². The van der Waals surface area contributed by atoms with Crippen molar-refractivity contribution in [3.05, 3.63) is 23.3 Å². The lowest BCUT2D eigenvalue weighted by Crippen LogP contribution is -2.58. The summed E-state index contributed by atoms with van der Waals surface area (Å²) in [6.45, 7) is 9.39. The molecule has 2 saturated carbocycles.